The number of nitrogens with zero attached hydrogens (tertiary/aromatic N) is 1. The van der Waals surface area contributed by atoms with Crippen molar-refractivity contribution in [2.45, 2.75) is 45.6 Å². The minimum absolute atomic E-state index is 0.225. The Kier molecular flexibility index (Phi) is 2.53. The molecule has 0 aliphatic carbocycles. The smallest absolute Gasteiger partial charge is 0.0967 e. The summed E-state index contributed by atoms with van der Waals surface area (Å²) in [5.41, 5.74) is 0.225. The van der Waals surface area contributed by atoms with Gasteiger partial charge in [0.25, 0.3) is 0 Å². The van der Waals surface area contributed by atoms with Crippen molar-refractivity contribution < 1.29 is 0 Å². The summed E-state index contributed by atoms with van der Waals surface area (Å²) >= 11 is 0. The van der Waals surface area contributed by atoms with E-state index in [9.17, 15) is 0 Å². The molecule has 1 aliphatic rings. The van der Waals surface area contributed by atoms with Gasteiger partial charge < -0.3 is 5.32 Å². The molecule has 0 saturated carbocycles. The van der Waals surface area contributed by atoms with E-state index in [0.717, 1.165) is 19.4 Å². The van der Waals surface area contributed by atoms with Gasteiger partial charge in [-0.1, -0.05) is 6.92 Å². The first-order valence-corrected chi connectivity index (χ1v) is 4.45. The highest BCUT2D eigenvalue weighted by molar-refractivity contribution is 5.84. The Hall–Kier alpha value is -0.530. The van der Waals surface area contributed by atoms with Crippen LogP contribution in [-0.4, -0.2) is 17.9 Å². The van der Waals surface area contributed by atoms with Crippen LogP contribution in [0.3, 0.4) is 0 Å². The third kappa shape index (κ3) is 2.52. The van der Waals surface area contributed by atoms with Crippen molar-refractivity contribution in [2.24, 2.45) is 4.99 Å². The number of aliphatic imine (C=N–C) groups is 1. The molecule has 0 aromatic carbocycles. The van der Waals surface area contributed by atoms with E-state index in [-0.39, 0.29) is 5.54 Å². The molecule has 2 heteroatoms. The molecule has 1 rings (SSSR count). The van der Waals surface area contributed by atoms with Crippen LogP contribution in [0, 0.1) is 0 Å². The van der Waals surface area contributed by atoms with Crippen molar-refractivity contribution in [3.63, 3.8) is 0 Å². The monoisotopic (exact) mass is 154 g/mol. The summed E-state index contributed by atoms with van der Waals surface area (Å²) in [6.07, 6.45) is 3.51. The summed E-state index contributed by atoms with van der Waals surface area (Å²) in [5.74, 6) is 1.21. The van der Waals surface area contributed by atoms with Crippen LogP contribution in [0.25, 0.3) is 0 Å². The quantitative estimate of drug-likeness (QED) is 0.646. The Morgan fingerprint density at radius 2 is 2.27 bits per heavy atom. The molecular weight excluding hydrogens is 136 g/mol. The molecule has 0 spiro atoms. The lowest BCUT2D eigenvalue weighted by atomic mass is 10.0. The van der Waals surface area contributed by atoms with Crippen LogP contribution < -0.4 is 5.32 Å². The van der Waals surface area contributed by atoms with E-state index in [1.165, 1.54) is 12.3 Å². The van der Waals surface area contributed by atoms with E-state index < -0.39 is 0 Å². The van der Waals surface area contributed by atoms with Crippen LogP contribution in [-0.2, 0) is 0 Å². The molecule has 2 nitrogen and oxygen atoms in total. The first-order valence-electron chi connectivity index (χ1n) is 4.45. The predicted octanol–water partition coefficient (Wildman–Crippen LogP) is 1.96. The molecule has 64 valence electrons. The van der Waals surface area contributed by atoms with Gasteiger partial charge >= 0.3 is 0 Å². The summed E-state index contributed by atoms with van der Waals surface area (Å²) < 4.78 is 0. The highest BCUT2D eigenvalue weighted by Crippen LogP contribution is 2.10. The SMILES string of the molecule is CCC(C)(C)NC1=NCCC1. The van der Waals surface area contributed by atoms with Crippen LogP contribution in [0.4, 0.5) is 0 Å². The predicted molar refractivity (Wildman–Crippen MR) is 49.0 cm³/mol. The van der Waals surface area contributed by atoms with Gasteiger partial charge in [0.05, 0.1) is 5.84 Å². The standard InChI is InChI=1S/C9H18N2/c1-4-9(2,3)11-8-6-5-7-10-8/h4-7H2,1-3H3,(H,10,11). The van der Waals surface area contributed by atoms with Crippen molar-refractivity contribution in [2.75, 3.05) is 6.54 Å². The molecule has 11 heavy (non-hydrogen) atoms. The Morgan fingerprint density at radius 1 is 1.55 bits per heavy atom. The first-order chi connectivity index (χ1) is 5.14. The third-order valence-electron chi connectivity index (χ3n) is 2.24. The Labute approximate surface area is 69.1 Å². The average molecular weight is 154 g/mol. The lowest BCUT2D eigenvalue weighted by Crippen LogP contribution is -2.42. The second-order valence-corrected chi connectivity index (χ2v) is 3.79. The fraction of sp³-hybridized carbons (Fsp3) is 0.889. The van der Waals surface area contributed by atoms with Gasteiger partial charge in [0, 0.05) is 18.5 Å². The van der Waals surface area contributed by atoms with Crippen molar-refractivity contribution in [3.8, 4) is 0 Å². The molecule has 0 atom stereocenters. The summed E-state index contributed by atoms with van der Waals surface area (Å²) in [6.45, 7) is 7.65. The van der Waals surface area contributed by atoms with Gasteiger partial charge in [-0.2, -0.15) is 0 Å². The Bertz CT molecular complexity index is 159. The van der Waals surface area contributed by atoms with Crippen molar-refractivity contribution in [1.82, 2.24) is 5.32 Å². The van der Waals surface area contributed by atoms with Gasteiger partial charge in [-0.15, -0.1) is 0 Å². The van der Waals surface area contributed by atoms with E-state index in [1.54, 1.807) is 0 Å². The van der Waals surface area contributed by atoms with E-state index in [1.807, 2.05) is 0 Å². The molecule has 0 bridgehead atoms. The summed E-state index contributed by atoms with van der Waals surface area (Å²) in [5, 5.41) is 3.45. The molecule has 0 radical (unpaired) electrons. The van der Waals surface area contributed by atoms with E-state index in [0.29, 0.717) is 0 Å². The topological polar surface area (TPSA) is 24.4 Å². The zero-order chi connectivity index (χ0) is 8.32. The number of hydrogen-bond donors (Lipinski definition) is 1. The summed E-state index contributed by atoms with van der Waals surface area (Å²) in [4.78, 5) is 4.37. The number of nitrogens with one attached hydrogen (secondary N) is 1. The number of amidine groups is 1. The summed E-state index contributed by atoms with van der Waals surface area (Å²) in [7, 11) is 0. The molecule has 0 amide bonds. The molecule has 0 fully saturated rings. The largest absolute Gasteiger partial charge is 0.369 e. The highest BCUT2D eigenvalue weighted by atomic mass is 15.1. The third-order valence-corrected chi connectivity index (χ3v) is 2.24. The van der Waals surface area contributed by atoms with Crippen molar-refractivity contribution >= 4 is 5.84 Å². The maximum Gasteiger partial charge on any atom is 0.0967 e. The molecule has 0 aromatic rings. The maximum absolute atomic E-state index is 4.37. The molecule has 0 aromatic heterocycles. The van der Waals surface area contributed by atoms with Crippen LogP contribution in [0.2, 0.25) is 0 Å². The molecule has 0 saturated heterocycles. The lowest BCUT2D eigenvalue weighted by Gasteiger charge is -2.25. The second-order valence-electron chi connectivity index (χ2n) is 3.79. The fourth-order valence-electron chi connectivity index (χ4n) is 1.12. The van der Waals surface area contributed by atoms with Crippen LogP contribution >= 0.6 is 0 Å². The molecule has 1 heterocycles. The highest BCUT2D eigenvalue weighted by Gasteiger charge is 2.17. The van der Waals surface area contributed by atoms with Gasteiger partial charge in [0.1, 0.15) is 0 Å². The Morgan fingerprint density at radius 3 is 2.73 bits per heavy atom. The minimum Gasteiger partial charge on any atom is -0.369 e. The normalized spacial score (nSPS) is 18.3. The van der Waals surface area contributed by atoms with Crippen LogP contribution in [0.5, 0.6) is 0 Å². The lowest BCUT2D eigenvalue weighted by molar-refractivity contribution is 0.443. The van der Waals surface area contributed by atoms with Gasteiger partial charge in [-0.05, 0) is 26.7 Å². The molecule has 1 N–H and O–H groups in total. The number of hydrogen-bond acceptors (Lipinski definition) is 2. The van der Waals surface area contributed by atoms with E-state index in [4.69, 9.17) is 0 Å². The molecular formula is C9H18N2. The van der Waals surface area contributed by atoms with Crippen LogP contribution in [0.15, 0.2) is 4.99 Å². The summed E-state index contributed by atoms with van der Waals surface area (Å²) in [6, 6.07) is 0. The van der Waals surface area contributed by atoms with Gasteiger partial charge in [0.2, 0.25) is 0 Å². The maximum atomic E-state index is 4.37. The van der Waals surface area contributed by atoms with E-state index in [2.05, 4.69) is 31.1 Å². The first kappa shape index (κ1) is 8.57. The van der Waals surface area contributed by atoms with Gasteiger partial charge in [-0.3, -0.25) is 4.99 Å². The van der Waals surface area contributed by atoms with E-state index >= 15 is 0 Å². The minimum atomic E-state index is 0.225. The van der Waals surface area contributed by atoms with Gasteiger partial charge in [-0.25, -0.2) is 0 Å². The fourth-order valence-corrected chi connectivity index (χ4v) is 1.12. The zero-order valence-electron chi connectivity index (χ0n) is 7.78. The zero-order valence-corrected chi connectivity index (χ0v) is 7.78. The second kappa shape index (κ2) is 3.24. The van der Waals surface area contributed by atoms with Crippen LogP contribution in [0.1, 0.15) is 40.0 Å². The number of rotatable bonds is 2. The molecule has 0 unspecified atom stereocenters. The molecule has 1 aliphatic heterocycles. The average Bonchev–Trinajstić information content (AvgIpc) is 2.39. The van der Waals surface area contributed by atoms with Crippen molar-refractivity contribution in [3.05, 3.63) is 0 Å². The van der Waals surface area contributed by atoms with Crippen molar-refractivity contribution in [1.29, 1.82) is 0 Å². The van der Waals surface area contributed by atoms with Gasteiger partial charge in [0.15, 0.2) is 0 Å². The Balaban J connectivity index is 2.40.